The largest absolute Gasteiger partial charge is 0.465 e. The van der Waals surface area contributed by atoms with Crippen LogP contribution in [0.15, 0.2) is 36.1 Å². The maximum atomic E-state index is 10.3. The summed E-state index contributed by atoms with van der Waals surface area (Å²) in [5.41, 5.74) is 1.20. The second kappa shape index (κ2) is 5.18. The number of allylic oxidation sites excluding steroid dienone is 4. The van der Waals surface area contributed by atoms with E-state index in [1.165, 1.54) is 0 Å². The number of carboxylic acid groups (broad SMARTS) is 1. The summed E-state index contributed by atoms with van der Waals surface area (Å²) in [4.78, 5) is 10.3. The zero-order valence-corrected chi connectivity index (χ0v) is 7.29. The molecule has 0 aromatic carbocycles. The van der Waals surface area contributed by atoms with Crippen LogP contribution in [0.5, 0.6) is 0 Å². The van der Waals surface area contributed by atoms with Gasteiger partial charge in [0.15, 0.2) is 0 Å². The highest BCUT2D eigenvalue weighted by Crippen LogP contribution is 2.02. The standard InChI is InChI=1S/C9H13NO2/c1-4-5-6-8(7(2)3)10-9(11)12/h4-6,10H,2H2,1,3H3,(H,11,12)/b5-4-,8-6+. The van der Waals surface area contributed by atoms with Crippen molar-refractivity contribution in [3.8, 4) is 0 Å². The van der Waals surface area contributed by atoms with E-state index in [0.717, 1.165) is 0 Å². The summed E-state index contributed by atoms with van der Waals surface area (Å²) in [6.07, 6.45) is 4.15. The van der Waals surface area contributed by atoms with Crippen LogP contribution in [0.1, 0.15) is 13.8 Å². The van der Waals surface area contributed by atoms with Gasteiger partial charge in [0, 0.05) is 5.70 Å². The molecule has 0 radical (unpaired) electrons. The first-order chi connectivity index (χ1) is 5.57. The fourth-order valence-corrected chi connectivity index (χ4v) is 0.598. The lowest BCUT2D eigenvalue weighted by Gasteiger charge is -2.03. The van der Waals surface area contributed by atoms with E-state index in [1.807, 2.05) is 13.0 Å². The van der Waals surface area contributed by atoms with Crippen LogP contribution < -0.4 is 5.32 Å². The van der Waals surface area contributed by atoms with Crippen LogP contribution in [0.2, 0.25) is 0 Å². The minimum atomic E-state index is -1.08. The molecule has 0 aliphatic rings. The van der Waals surface area contributed by atoms with E-state index in [-0.39, 0.29) is 0 Å². The predicted molar refractivity (Wildman–Crippen MR) is 48.9 cm³/mol. The van der Waals surface area contributed by atoms with Crippen LogP contribution in [0.3, 0.4) is 0 Å². The van der Waals surface area contributed by atoms with Crippen molar-refractivity contribution in [2.45, 2.75) is 13.8 Å². The Bertz CT molecular complexity index is 239. The van der Waals surface area contributed by atoms with Crippen molar-refractivity contribution in [3.63, 3.8) is 0 Å². The highest BCUT2D eigenvalue weighted by molar-refractivity contribution is 5.68. The molecule has 0 unspecified atom stereocenters. The third kappa shape index (κ3) is 4.33. The first-order valence-corrected chi connectivity index (χ1v) is 3.56. The van der Waals surface area contributed by atoms with Gasteiger partial charge in [-0.05, 0) is 25.5 Å². The van der Waals surface area contributed by atoms with Crippen LogP contribution in [-0.2, 0) is 0 Å². The van der Waals surface area contributed by atoms with Crippen molar-refractivity contribution in [2.24, 2.45) is 0 Å². The molecule has 0 saturated heterocycles. The summed E-state index contributed by atoms with van der Waals surface area (Å²) in [6.45, 7) is 7.23. The molecular weight excluding hydrogens is 154 g/mol. The molecule has 0 aliphatic carbocycles. The maximum absolute atomic E-state index is 10.3. The molecule has 0 aromatic heterocycles. The van der Waals surface area contributed by atoms with E-state index >= 15 is 0 Å². The Morgan fingerprint density at radius 1 is 1.58 bits per heavy atom. The van der Waals surface area contributed by atoms with Gasteiger partial charge in [0.2, 0.25) is 0 Å². The Hall–Kier alpha value is -1.51. The number of hydrogen-bond acceptors (Lipinski definition) is 1. The summed E-state index contributed by atoms with van der Waals surface area (Å²) in [5, 5.41) is 10.7. The van der Waals surface area contributed by atoms with Crippen molar-refractivity contribution in [2.75, 3.05) is 0 Å². The van der Waals surface area contributed by atoms with Gasteiger partial charge in [-0.25, -0.2) is 4.79 Å². The van der Waals surface area contributed by atoms with Gasteiger partial charge in [-0.3, -0.25) is 5.32 Å². The smallest absolute Gasteiger partial charge is 0.409 e. The lowest BCUT2D eigenvalue weighted by Crippen LogP contribution is -2.20. The summed E-state index contributed by atoms with van der Waals surface area (Å²) in [6, 6.07) is 0. The van der Waals surface area contributed by atoms with Crippen molar-refractivity contribution in [1.82, 2.24) is 5.32 Å². The number of carbonyl (C=O) groups is 1. The summed E-state index contributed by atoms with van der Waals surface area (Å²) >= 11 is 0. The van der Waals surface area contributed by atoms with Crippen LogP contribution in [0, 0.1) is 0 Å². The molecule has 0 bridgehead atoms. The molecule has 0 atom stereocenters. The van der Waals surface area contributed by atoms with Gasteiger partial charge in [0.25, 0.3) is 0 Å². The van der Waals surface area contributed by atoms with Gasteiger partial charge >= 0.3 is 6.09 Å². The molecule has 1 amide bonds. The van der Waals surface area contributed by atoms with E-state index in [9.17, 15) is 4.79 Å². The Labute approximate surface area is 72.1 Å². The molecule has 3 nitrogen and oxygen atoms in total. The molecule has 3 heteroatoms. The van der Waals surface area contributed by atoms with Crippen LogP contribution in [0.4, 0.5) is 4.79 Å². The van der Waals surface area contributed by atoms with Gasteiger partial charge in [-0.2, -0.15) is 0 Å². The number of amides is 1. The lowest BCUT2D eigenvalue weighted by molar-refractivity contribution is 0.198. The third-order valence-corrected chi connectivity index (χ3v) is 1.16. The summed E-state index contributed by atoms with van der Waals surface area (Å²) in [5.74, 6) is 0. The summed E-state index contributed by atoms with van der Waals surface area (Å²) < 4.78 is 0. The average Bonchev–Trinajstić information content (AvgIpc) is 1.96. The second-order valence-electron chi connectivity index (χ2n) is 2.32. The molecule has 0 aliphatic heterocycles. The molecule has 0 rings (SSSR count). The molecule has 0 fully saturated rings. The number of rotatable bonds is 3. The Morgan fingerprint density at radius 3 is 2.50 bits per heavy atom. The fourth-order valence-electron chi connectivity index (χ4n) is 0.598. The summed E-state index contributed by atoms with van der Waals surface area (Å²) in [7, 11) is 0. The Balaban J connectivity index is 4.43. The van der Waals surface area contributed by atoms with E-state index in [2.05, 4.69) is 11.9 Å². The lowest BCUT2D eigenvalue weighted by atomic mass is 10.2. The Kier molecular flexibility index (Phi) is 4.53. The number of hydrogen-bond donors (Lipinski definition) is 2. The zero-order valence-electron chi connectivity index (χ0n) is 7.29. The average molecular weight is 167 g/mol. The maximum Gasteiger partial charge on any atom is 0.409 e. The monoisotopic (exact) mass is 167 g/mol. The highest BCUT2D eigenvalue weighted by atomic mass is 16.4. The molecule has 0 heterocycles. The normalized spacial score (nSPS) is 11.7. The first-order valence-electron chi connectivity index (χ1n) is 3.56. The number of nitrogens with one attached hydrogen (secondary N) is 1. The van der Waals surface area contributed by atoms with Gasteiger partial charge in [-0.1, -0.05) is 18.7 Å². The first kappa shape index (κ1) is 10.5. The Morgan fingerprint density at radius 2 is 2.17 bits per heavy atom. The minimum absolute atomic E-state index is 0.514. The van der Waals surface area contributed by atoms with Gasteiger partial charge in [0.05, 0.1) is 0 Å². The quantitative estimate of drug-likeness (QED) is 0.633. The van der Waals surface area contributed by atoms with Crippen molar-refractivity contribution in [3.05, 3.63) is 36.1 Å². The highest BCUT2D eigenvalue weighted by Gasteiger charge is 1.99. The molecule has 12 heavy (non-hydrogen) atoms. The van der Waals surface area contributed by atoms with E-state index < -0.39 is 6.09 Å². The van der Waals surface area contributed by atoms with E-state index in [4.69, 9.17) is 5.11 Å². The SMILES string of the molecule is C=C(C)/C(=C\C=C/C)NC(=O)O. The zero-order chi connectivity index (χ0) is 9.56. The van der Waals surface area contributed by atoms with Crippen LogP contribution in [0.25, 0.3) is 0 Å². The molecule has 2 N–H and O–H groups in total. The third-order valence-electron chi connectivity index (χ3n) is 1.16. The molecule has 66 valence electrons. The van der Waals surface area contributed by atoms with E-state index in [1.54, 1.807) is 19.1 Å². The van der Waals surface area contributed by atoms with Gasteiger partial charge in [-0.15, -0.1) is 0 Å². The van der Waals surface area contributed by atoms with Crippen LogP contribution in [-0.4, -0.2) is 11.2 Å². The van der Waals surface area contributed by atoms with Gasteiger partial charge < -0.3 is 5.11 Å². The van der Waals surface area contributed by atoms with Crippen LogP contribution >= 0.6 is 0 Å². The van der Waals surface area contributed by atoms with Gasteiger partial charge in [0.1, 0.15) is 0 Å². The second-order valence-corrected chi connectivity index (χ2v) is 2.32. The minimum Gasteiger partial charge on any atom is -0.465 e. The van der Waals surface area contributed by atoms with Crippen molar-refractivity contribution in [1.29, 1.82) is 0 Å². The molecular formula is C9H13NO2. The van der Waals surface area contributed by atoms with Crippen molar-refractivity contribution >= 4 is 6.09 Å². The molecule has 0 saturated carbocycles. The van der Waals surface area contributed by atoms with E-state index in [0.29, 0.717) is 11.3 Å². The topological polar surface area (TPSA) is 49.3 Å². The van der Waals surface area contributed by atoms with Crippen molar-refractivity contribution < 1.29 is 9.90 Å². The molecule has 0 aromatic rings. The predicted octanol–water partition coefficient (Wildman–Crippen LogP) is 2.29. The fraction of sp³-hybridized carbons (Fsp3) is 0.222. The molecule has 0 spiro atoms.